The largest absolute Gasteiger partial charge is 0.504 e. The average molecular weight is 232 g/mol. The van der Waals surface area contributed by atoms with Gasteiger partial charge in [0, 0.05) is 16.7 Å². The van der Waals surface area contributed by atoms with Gasteiger partial charge in [-0.15, -0.1) is 0 Å². The highest BCUT2D eigenvalue weighted by molar-refractivity contribution is 6.31. The summed E-state index contributed by atoms with van der Waals surface area (Å²) in [5, 5.41) is 10.1. The van der Waals surface area contributed by atoms with Crippen molar-refractivity contribution in [2.45, 2.75) is 13.5 Å². The average Bonchev–Trinajstić information content (AvgIpc) is 2.21. The molecule has 0 bridgehead atoms. The summed E-state index contributed by atoms with van der Waals surface area (Å²) in [5.74, 6) is 0.447. The van der Waals surface area contributed by atoms with Gasteiger partial charge in [0.2, 0.25) is 0 Å². The standard InChI is InChI=1S/C10H14ClNO3/c1-6-7(5-12-15-3)10(14-2)9(13)4-8(6)11/h4,12-13H,5H2,1-3H3. The molecule has 0 radical (unpaired) electrons. The Balaban J connectivity index is 3.18. The van der Waals surface area contributed by atoms with Crippen LogP contribution in [0.5, 0.6) is 11.5 Å². The van der Waals surface area contributed by atoms with Gasteiger partial charge in [-0.1, -0.05) is 11.6 Å². The van der Waals surface area contributed by atoms with E-state index in [4.69, 9.17) is 21.2 Å². The molecule has 1 aromatic carbocycles. The lowest BCUT2D eigenvalue weighted by Gasteiger charge is -2.14. The van der Waals surface area contributed by atoms with Crippen LogP contribution < -0.4 is 10.2 Å². The number of nitrogens with one attached hydrogen (secondary N) is 1. The Morgan fingerprint density at radius 2 is 2.13 bits per heavy atom. The number of hydrogen-bond donors (Lipinski definition) is 2. The molecule has 0 amide bonds. The minimum Gasteiger partial charge on any atom is -0.504 e. The van der Waals surface area contributed by atoms with E-state index in [9.17, 15) is 5.11 Å². The van der Waals surface area contributed by atoms with Crippen molar-refractivity contribution in [1.82, 2.24) is 5.48 Å². The van der Waals surface area contributed by atoms with Crippen LogP contribution in [0.3, 0.4) is 0 Å². The summed E-state index contributed by atoms with van der Waals surface area (Å²) in [6, 6.07) is 1.46. The fourth-order valence-corrected chi connectivity index (χ4v) is 1.57. The van der Waals surface area contributed by atoms with E-state index in [0.717, 1.165) is 11.1 Å². The molecule has 0 atom stereocenters. The zero-order valence-corrected chi connectivity index (χ0v) is 9.68. The van der Waals surface area contributed by atoms with Crippen molar-refractivity contribution >= 4 is 11.6 Å². The smallest absolute Gasteiger partial charge is 0.165 e. The summed E-state index contributed by atoms with van der Waals surface area (Å²) >= 11 is 5.94. The third-order valence-corrected chi connectivity index (χ3v) is 2.57. The Morgan fingerprint density at radius 1 is 1.47 bits per heavy atom. The first kappa shape index (κ1) is 12.1. The second-order valence-corrected chi connectivity index (χ2v) is 3.45. The van der Waals surface area contributed by atoms with E-state index in [0.29, 0.717) is 17.3 Å². The number of hydroxylamine groups is 1. The van der Waals surface area contributed by atoms with Gasteiger partial charge in [0.15, 0.2) is 11.5 Å². The summed E-state index contributed by atoms with van der Waals surface area (Å²) in [4.78, 5) is 4.75. The molecule has 4 nitrogen and oxygen atoms in total. The van der Waals surface area contributed by atoms with Crippen molar-refractivity contribution in [3.63, 3.8) is 0 Å². The van der Waals surface area contributed by atoms with Crippen LogP contribution in [-0.4, -0.2) is 19.3 Å². The van der Waals surface area contributed by atoms with Gasteiger partial charge in [0.25, 0.3) is 0 Å². The van der Waals surface area contributed by atoms with Gasteiger partial charge in [0.05, 0.1) is 20.8 Å². The van der Waals surface area contributed by atoms with Crippen LogP contribution in [0.15, 0.2) is 6.07 Å². The van der Waals surface area contributed by atoms with Crippen LogP contribution in [0, 0.1) is 6.92 Å². The number of phenolic OH excluding ortho intramolecular Hbond substituents is 1. The van der Waals surface area contributed by atoms with Crippen LogP contribution in [0.25, 0.3) is 0 Å². The molecule has 0 aliphatic rings. The third-order valence-electron chi connectivity index (χ3n) is 2.18. The normalized spacial score (nSPS) is 10.4. The third kappa shape index (κ3) is 2.53. The van der Waals surface area contributed by atoms with E-state index in [1.807, 2.05) is 6.92 Å². The van der Waals surface area contributed by atoms with Crippen molar-refractivity contribution < 1.29 is 14.7 Å². The first-order valence-electron chi connectivity index (χ1n) is 4.42. The lowest BCUT2D eigenvalue weighted by atomic mass is 10.1. The topological polar surface area (TPSA) is 50.7 Å². The van der Waals surface area contributed by atoms with E-state index in [1.165, 1.54) is 20.3 Å². The van der Waals surface area contributed by atoms with Crippen LogP contribution in [0.2, 0.25) is 5.02 Å². The first-order chi connectivity index (χ1) is 7.11. The quantitative estimate of drug-likeness (QED) is 0.779. The molecule has 2 N–H and O–H groups in total. The highest BCUT2D eigenvalue weighted by atomic mass is 35.5. The molecule has 5 heteroatoms. The highest BCUT2D eigenvalue weighted by Gasteiger charge is 2.14. The summed E-state index contributed by atoms with van der Waals surface area (Å²) in [6.45, 7) is 2.27. The maximum Gasteiger partial charge on any atom is 0.165 e. The Kier molecular flexibility index (Phi) is 4.20. The van der Waals surface area contributed by atoms with Crippen LogP contribution >= 0.6 is 11.6 Å². The zero-order valence-electron chi connectivity index (χ0n) is 8.93. The molecule has 0 aliphatic carbocycles. The SMILES string of the molecule is CONCc1c(C)c(Cl)cc(O)c1OC. The van der Waals surface area contributed by atoms with E-state index >= 15 is 0 Å². The van der Waals surface area contributed by atoms with E-state index in [1.54, 1.807) is 0 Å². The Hall–Kier alpha value is -0.970. The maximum atomic E-state index is 9.62. The Morgan fingerprint density at radius 3 is 2.67 bits per heavy atom. The summed E-state index contributed by atoms with van der Waals surface area (Å²) in [6.07, 6.45) is 0. The number of benzene rings is 1. The molecular formula is C10H14ClNO3. The van der Waals surface area contributed by atoms with Crippen LogP contribution in [0.1, 0.15) is 11.1 Å². The number of ether oxygens (including phenoxy) is 1. The van der Waals surface area contributed by atoms with Gasteiger partial charge in [-0.25, -0.2) is 0 Å². The van der Waals surface area contributed by atoms with Gasteiger partial charge in [-0.2, -0.15) is 5.48 Å². The summed E-state index contributed by atoms with van der Waals surface area (Å²) in [7, 11) is 3.02. The predicted molar refractivity (Wildman–Crippen MR) is 58.3 cm³/mol. The minimum atomic E-state index is 0.0287. The van der Waals surface area contributed by atoms with Crippen molar-refractivity contribution in [3.05, 3.63) is 22.2 Å². The Bertz CT molecular complexity index is 355. The van der Waals surface area contributed by atoms with Gasteiger partial charge in [-0.3, -0.25) is 0 Å². The molecule has 0 aliphatic heterocycles. The summed E-state index contributed by atoms with van der Waals surface area (Å²) in [5.41, 5.74) is 4.32. The molecule has 0 fully saturated rings. The number of methoxy groups -OCH3 is 1. The zero-order chi connectivity index (χ0) is 11.4. The van der Waals surface area contributed by atoms with Gasteiger partial charge in [-0.05, 0) is 12.5 Å². The second-order valence-electron chi connectivity index (χ2n) is 3.04. The highest BCUT2D eigenvalue weighted by Crippen LogP contribution is 2.36. The van der Waals surface area contributed by atoms with Gasteiger partial charge in [0.1, 0.15) is 0 Å². The number of aromatic hydroxyl groups is 1. The lowest BCUT2D eigenvalue weighted by molar-refractivity contribution is 0.0859. The molecule has 0 saturated heterocycles. The minimum absolute atomic E-state index is 0.0287. The molecule has 1 rings (SSSR count). The molecule has 0 saturated carbocycles. The number of halogens is 1. The fourth-order valence-electron chi connectivity index (χ4n) is 1.35. The molecule has 84 valence electrons. The van der Waals surface area contributed by atoms with E-state index < -0.39 is 0 Å². The number of rotatable bonds is 4. The molecule has 15 heavy (non-hydrogen) atoms. The molecule has 0 unspecified atom stereocenters. The van der Waals surface area contributed by atoms with Crippen molar-refractivity contribution in [3.8, 4) is 11.5 Å². The van der Waals surface area contributed by atoms with Crippen molar-refractivity contribution in [2.24, 2.45) is 0 Å². The first-order valence-corrected chi connectivity index (χ1v) is 4.80. The molecule has 1 aromatic rings. The lowest BCUT2D eigenvalue weighted by Crippen LogP contribution is -2.13. The molecule has 0 aromatic heterocycles. The van der Waals surface area contributed by atoms with Crippen LogP contribution in [-0.2, 0) is 11.4 Å². The van der Waals surface area contributed by atoms with Crippen molar-refractivity contribution in [2.75, 3.05) is 14.2 Å². The Labute approximate surface area is 93.7 Å². The molecule has 0 spiro atoms. The second kappa shape index (κ2) is 5.21. The molecule has 0 heterocycles. The van der Waals surface area contributed by atoms with Gasteiger partial charge >= 0.3 is 0 Å². The predicted octanol–water partition coefficient (Wildman–Crippen LogP) is 2.01. The van der Waals surface area contributed by atoms with Crippen molar-refractivity contribution in [1.29, 1.82) is 0 Å². The molecular weight excluding hydrogens is 218 g/mol. The summed E-state index contributed by atoms with van der Waals surface area (Å²) < 4.78 is 5.10. The number of phenols is 1. The van der Waals surface area contributed by atoms with Gasteiger partial charge < -0.3 is 14.7 Å². The van der Waals surface area contributed by atoms with Crippen LogP contribution in [0.4, 0.5) is 0 Å². The van der Waals surface area contributed by atoms with E-state index in [2.05, 4.69) is 5.48 Å². The fraction of sp³-hybridized carbons (Fsp3) is 0.400. The number of hydrogen-bond acceptors (Lipinski definition) is 4. The monoisotopic (exact) mass is 231 g/mol. The maximum absolute atomic E-state index is 9.62. The van der Waals surface area contributed by atoms with E-state index in [-0.39, 0.29) is 5.75 Å².